The lowest BCUT2D eigenvalue weighted by Gasteiger charge is -2.25. The van der Waals surface area contributed by atoms with Crippen LogP contribution in [0.5, 0.6) is 0 Å². The van der Waals surface area contributed by atoms with E-state index in [1.54, 1.807) is 0 Å². The second-order valence-electron chi connectivity index (χ2n) is 3.19. The van der Waals surface area contributed by atoms with Crippen LogP contribution in [0.4, 0.5) is 0 Å². The second kappa shape index (κ2) is 3.55. The molecule has 3 heteroatoms. The van der Waals surface area contributed by atoms with E-state index in [9.17, 15) is 5.11 Å². The van der Waals surface area contributed by atoms with Gasteiger partial charge in [0.05, 0.1) is 0 Å². The van der Waals surface area contributed by atoms with E-state index in [0.717, 1.165) is 0 Å². The van der Waals surface area contributed by atoms with E-state index in [1.165, 1.54) is 18.7 Å². The number of nitrogens with zero attached hydrogens (tertiary/aromatic N) is 2. The van der Waals surface area contributed by atoms with Crippen molar-refractivity contribution in [3.05, 3.63) is 24.3 Å². The number of aromatic nitrogens is 2. The van der Waals surface area contributed by atoms with Gasteiger partial charge in [0, 0.05) is 18.0 Å². The first kappa shape index (κ1) is 9.69. The molecule has 1 aromatic rings. The lowest BCUT2D eigenvalue weighted by molar-refractivity contribution is 0.0498. The number of rotatable bonds is 2. The lowest BCUT2D eigenvalue weighted by atomic mass is 9.86. The third-order valence-electron chi connectivity index (χ3n) is 2.06. The molecule has 1 rings (SSSR count). The lowest BCUT2D eigenvalue weighted by Crippen LogP contribution is -2.30. The fourth-order valence-electron chi connectivity index (χ4n) is 1.08. The van der Waals surface area contributed by atoms with Crippen LogP contribution in [0.2, 0.25) is 0 Å². The minimum atomic E-state index is -1.26. The molecule has 13 heavy (non-hydrogen) atoms. The molecule has 1 heterocycles. The van der Waals surface area contributed by atoms with E-state index >= 15 is 0 Å². The van der Waals surface area contributed by atoms with Crippen LogP contribution in [-0.4, -0.2) is 15.1 Å². The van der Waals surface area contributed by atoms with Gasteiger partial charge in [-0.3, -0.25) is 0 Å². The zero-order valence-corrected chi connectivity index (χ0v) is 7.73. The zero-order chi connectivity index (χ0) is 9.90. The van der Waals surface area contributed by atoms with Crippen molar-refractivity contribution in [3.63, 3.8) is 0 Å². The molecule has 3 nitrogen and oxygen atoms in total. The highest BCUT2D eigenvalue weighted by molar-refractivity contribution is 5.26. The van der Waals surface area contributed by atoms with Gasteiger partial charge in [-0.15, -0.1) is 6.42 Å². The molecule has 0 spiro atoms. The smallest absolute Gasteiger partial charge is 0.155 e. The van der Waals surface area contributed by atoms with Gasteiger partial charge in [0.25, 0.3) is 0 Å². The number of hydrogen-bond acceptors (Lipinski definition) is 3. The van der Waals surface area contributed by atoms with Crippen molar-refractivity contribution >= 4 is 0 Å². The number of terminal acetylenes is 1. The summed E-state index contributed by atoms with van der Waals surface area (Å²) in [5.74, 6) is 2.30. The van der Waals surface area contributed by atoms with E-state index in [-0.39, 0.29) is 5.92 Å². The second-order valence-corrected chi connectivity index (χ2v) is 3.19. The van der Waals surface area contributed by atoms with Crippen LogP contribution >= 0.6 is 0 Å². The first-order valence-corrected chi connectivity index (χ1v) is 4.07. The molecule has 1 N–H and O–H groups in total. The van der Waals surface area contributed by atoms with Crippen molar-refractivity contribution in [2.45, 2.75) is 19.4 Å². The minimum Gasteiger partial charge on any atom is -0.373 e. The summed E-state index contributed by atoms with van der Waals surface area (Å²) in [6, 6.07) is 0. The van der Waals surface area contributed by atoms with Crippen LogP contribution in [0.1, 0.15) is 19.4 Å². The Morgan fingerprint density at radius 3 is 2.38 bits per heavy atom. The van der Waals surface area contributed by atoms with Gasteiger partial charge >= 0.3 is 0 Å². The van der Waals surface area contributed by atoms with Gasteiger partial charge in [0.1, 0.15) is 6.33 Å². The van der Waals surface area contributed by atoms with Crippen LogP contribution in [0.3, 0.4) is 0 Å². The van der Waals surface area contributed by atoms with Gasteiger partial charge in [-0.1, -0.05) is 19.8 Å². The maximum atomic E-state index is 10.1. The molecule has 0 radical (unpaired) electrons. The van der Waals surface area contributed by atoms with Crippen LogP contribution in [0, 0.1) is 18.3 Å². The maximum absolute atomic E-state index is 10.1. The molecule has 0 saturated heterocycles. The summed E-state index contributed by atoms with van der Waals surface area (Å²) in [5, 5.41) is 10.1. The predicted molar refractivity (Wildman–Crippen MR) is 49.6 cm³/mol. The van der Waals surface area contributed by atoms with E-state index in [1.807, 2.05) is 13.8 Å². The number of hydrogen-bond donors (Lipinski definition) is 1. The Morgan fingerprint density at radius 2 is 2.00 bits per heavy atom. The van der Waals surface area contributed by atoms with Crippen molar-refractivity contribution in [1.29, 1.82) is 0 Å². The third-order valence-corrected chi connectivity index (χ3v) is 2.06. The van der Waals surface area contributed by atoms with Crippen LogP contribution in [-0.2, 0) is 5.60 Å². The highest BCUT2D eigenvalue weighted by Crippen LogP contribution is 2.27. The Bertz CT molecular complexity index is 315. The Kier molecular flexibility index (Phi) is 2.64. The molecule has 1 atom stereocenters. The molecule has 0 aliphatic rings. The molecule has 0 bridgehead atoms. The van der Waals surface area contributed by atoms with Crippen molar-refractivity contribution in [2.75, 3.05) is 0 Å². The maximum Gasteiger partial charge on any atom is 0.155 e. The van der Waals surface area contributed by atoms with Gasteiger partial charge in [0.15, 0.2) is 5.60 Å². The van der Waals surface area contributed by atoms with E-state index in [2.05, 4.69) is 15.9 Å². The molecule has 0 amide bonds. The Balaban J connectivity index is 3.13. The highest BCUT2D eigenvalue weighted by atomic mass is 16.3. The average molecular weight is 176 g/mol. The molecular weight excluding hydrogens is 164 g/mol. The fraction of sp³-hybridized carbons (Fsp3) is 0.400. The van der Waals surface area contributed by atoms with Crippen LogP contribution < -0.4 is 0 Å². The molecule has 0 aliphatic heterocycles. The monoisotopic (exact) mass is 176 g/mol. The first-order chi connectivity index (χ1) is 6.11. The van der Waals surface area contributed by atoms with Crippen molar-refractivity contribution in [2.24, 2.45) is 5.92 Å². The van der Waals surface area contributed by atoms with E-state index in [4.69, 9.17) is 6.42 Å². The fourth-order valence-corrected chi connectivity index (χ4v) is 1.08. The van der Waals surface area contributed by atoms with Crippen molar-refractivity contribution < 1.29 is 5.11 Å². The summed E-state index contributed by atoms with van der Waals surface area (Å²) >= 11 is 0. The molecular formula is C10H12N2O. The van der Waals surface area contributed by atoms with Gasteiger partial charge in [-0.05, 0) is 5.92 Å². The quantitative estimate of drug-likeness (QED) is 0.682. The summed E-state index contributed by atoms with van der Waals surface area (Å²) in [6.07, 6.45) is 9.76. The van der Waals surface area contributed by atoms with Crippen molar-refractivity contribution in [1.82, 2.24) is 9.97 Å². The van der Waals surface area contributed by atoms with E-state index < -0.39 is 5.60 Å². The summed E-state index contributed by atoms with van der Waals surface area (Å²) < 4.78 is 0. The summed E-state index contributed by atoms with van der Waals surface area (Å²) in [6.45, 7) is 3.71. The molecule has 0 aromatic carbocycles. The standard InChI is InChI=1S/C10H12N2O/c1-4-10(13,8(2)3)9-5-11-7-12-6-9/h1,5-8,13H,2-3H3. The van der Waals surface area contributed by atoms with Gasteiger partial charge in [0.2, 0.25) is 0 Å². The third kappa shape index (κ3) is 1.68. The Hall–Kier alpha value is -1.40. The van der Waals surface area contributed by atoms with Crippen LogP contribution in [0.15, 0.2) is 18.7 Å². The molecule has 0 saturated carbocycles. The van der Waals surface area contributed by atoms with E-state index in [0.29, 0.717) is 5.56 Å². The molecule has 68 valence electrons. The largest absolute Gasteiger partial charge is 0.373 e. The number of aliphatic hydroxyl groups is 1. The summed E-state index contributed by atoms with van der Waals surface area (Å²) in [4.78, 5) is 7.63. The minimum absolute atomic E-state index is 0.0662. The molecule has 1 aromatic heterocycles. The normalized spacial score (nSPS) is 15.0. The topological polar surface area (TPSA) is 46.0 Å². The highest BCUT2D eigenvalue weighted by Gasteiger charge is 2.31. The Labute approximate surface area is 77.9 Å². The molecule has 0 aliphatic carbocycles. The zero-order valence-electron chi connectivity index (χ0n) is 7.73. The first-order valence-electron chi connectivity index (χ1n) is 4.07. The molecule has 1 unspecified atom stereocenters. The Morgan fingerprint density at radius 1 is 1.46 bits per heavy atom. The summed E-state index contributed by atoms with van der Waals surface area (Å²) in [7, 11) is 0. The SMILES string of the molecule is C#CC(O)(c1cncnc1)C(C)C. The van der Waals surface area contributed by atoms with Gasteiger partial charge in [-0.2, -0.15) is 0 Å². The summed E-state index contributed by atoms with van der Waals surface area (Å²) in [5.41, 5.74) is -0.700. The van der Waals surface area contributed by atoms with Gasteiger partial charge < -0.3 is 5.11 Å². The average Bonchev–Trinajstić information content (AvgIpc) is 2.17. The predicted octanol–water partition coefficient (Wildman–Crippen LogP) is 0.953. The molecule has 0 fully saturated rings. The van der Waals surface area contributed by atoms with Gasteiger partial charge in [-0.25, -0.2) is 9.97 Å². The van der Waals surface area contributed by atoms with Crippen LogP contribution in [0.25, 0.3) is 0 Å². The van der Waals surface area contributed by atoms with Crippen molar-refractivity contribution in [3.8, 4) is 12.3 Å².